The Morgan fingerprint density at radius 3 is 2.50 bits per heavy atom. The number of ether oxygens (including phenoxy) is 1. The van der Waals surface area contributed by atoms with Crippen molar-refractivity contribution in [2.45, 2.75) is 6.92 Å². The minimum atomic E-state index is -0.0668. The zero-order valence-corrected chi connectivity index (χ0v) is 10.0. The van der Waals surface area contributed by atoms with Crippen molar-refractivity contribution in [1.82, 2.24) is 5.32 Å². The Kier molecular flexibility index (Phi) is 7.33. The standard InChI is InChI=1S/C11H16N2O2.ClH/c1-2-13-11(14)9-3-5-10(6-4-9)15-8-7-12;/h3-6H,2,7-8,12H2,1H3,(H,13,14);1H. The fourth-order valence-corrected chi connectivity index (χ4v) is 1.14. The average molecular weight is 245 g/mol. The third kappa shape index (κ3) is 4.51. The summed E-state index contributed by atoms with van der Waals surface area (Å²) in [5.74, 6) is 0.663. The number of rotatable bonds is 5. The van der Waals surface area contributed by atoms with Gasteiger partial charge in [-0.3, -0.25) is 4.79 Å². The maximum absolute atomic E-state index is 11.4. The predicted octanol–water partition coefficient (Wildman–Crippen LogP) is 1.20. The van der Waals surface area contributed by atoms with E-state index in [1.165, 1.54) is 0 Å². The van der Waals surface area contributed by atoms with E-state index in [9.17, 15) is 4.79 Å². The van der Waals surface area contributed by atoms with Crippen molar-refractivity contribution in [1.29, 1.82) is 0 Å². The lowest BCUT2D eigenvalue weighted by atomic mass is 10.2. The van der Waals surface area contributed by atoms with E-state index in [0.717, 1.165) is 5.75 Å². The molecular formula is C11H17ClN2O2. The molecule has 0 fully saturated rings. The number of amides is 1. The molecule has 1 aromatic carbocycles. The van der Waals surface area contributed by atoms with Crippen LogP contribution < -0.4 is 15.8 Å². The molecule has 90 valence electrons. The van der Waals surface area contributed by atoms with Crippen LogP contribution in [0.2, 0.25) is 0 Å². The minimum Gasteiger partial charge on any atom is -0.492 e. The van der Waals surface area contributed by atoms with Gasteiger partial charge < -0.3 is 15.8 Å². The van der Waals surface area contributed by atoms with Crippen LogP contribution >= 0.6 is 12.4 Å². The van der Waals surface area contributed by atoms with Crippen molar-refractivity contribution in [3.05, 3.63) is 29.8 Å². The Morgan fingerprint density at radius 1 is 1.38 bits per heavy atom. The molecular weight excluding hydrogens is 228 g/mol. The van der Waals surface area contributed by atoms with E-state index in [0.29, 0.717) is 25.3 Å². The first-order chi connectivity index (χ1) is 7.27. The maximum atomic E-state index is 11.4. The van der Waals surface area contributed by atoms with Crippen LogP contribution in [0.4, 0.5) is 0 Å². The fourth-order valence-electron chi connectivity index (χ4n) is 1.14. The van der Waals surface area contributed by atoms with E-state index in [1.807, 2.05) is 6.92 Å². The van der Waals surface area contributed by atoms with Crippen molar-refractivity contribution < 1.29 is 9.53 Å². The summed E-state index contributed by atoms with van der Waals surface area (Å²) < 4.78 is 5.29. The molecule has 4 nitrogen and oxygen atoms in total. The second-order valence-corrected chi connectivity index (χ2v) is 3.02. The lowest BCUT2D eigenvalue weighted by Gasteiger charge is -2.05. The number of nitrogens with one attached hydrogen (secondary N) is 1. The second-order valence-electron chi connectivity index (χ2n) is 3.02. The summed E-state index contributed by atoms with van der Waals surface area (Å²) >= 11 is 0. The molecule has 0 saturated heterocycles. The molecule has 0 aliphatic carbocycles. The molecule has 0 spiro atoms. The van der Waals surface area contributed by atoms with Gasteiger partial charge in [-0.15, -0.1) is 12.4 Å². The number of hydrogen-bond donors (Lipinski definition) is 2. The first-order valence-electron chi connectivity index (χ1n) is 4.99. The van der Waals surface area contributed by atoms with Crippen molar-refractivity contribution in [3.8, 4) is 5.75 Å². The predicted molar refractivity (Wildman–Crippen MR) is 66.2 cm³/mol. The lowest BCUT2D eigenvalue weighted by molar-refractivity contribution is 0.0956. The number of nitrogens with two attached hydrogens (primary N) is 1. The van der Waals surface area contributed by atoms with Crippen LogP contribution in [0.3, 0.4) is 0 Å². The molecule has 0 unspecified atom stereocenters. The molecule has 1 rings (SSSR count). The van der Waals surface area contributed by atoms with Gasteiger partial charge in [-0.2, -0.15) is 0 Å². The van der Waals surface area contributed by atoms with Gasteiger partial charge in [-0.05, 0) is 31.2 Å². The molecule has 1 aromatic rings. The first kappa shape index (κ1) is 14.7. The zero-order valence-electron chi connectivity index (χ0n) is 9.23. The Balaban J connectivity index is 0.00000225. The molecule has 0 radical (unpaired) electrons. The minimum absolute atomic E-state index is 0. The molecule has 0 saturated carbocycles. The summed E-state index contributed by atoms with van der Waals surface area (Å²) in [6.07, 6.45) is 0. The van der Waals surface area contributed by atoms with Crippen molar-refractivity contribution in [3.63, 3.8) is 0 Å². The third-order valence-corrected chi connectivity index (χ3v) is 1.84. The Hall–Kier alpha value is -1.26. The van der Waals surface area contributed by atoms with Gasteiger partial charge in [0.15, 0.2) is 0 Å². The number of hydrogen-bond acceptors (Lipinski definition) is 3. The van der Waals surface area contributed by atoms with Crippen molar-refractivity contribution >= 4 is 18.3 Å². The van der Waals surface area contributed by atoms with Gasteiger partial charge >= 0.3 is 0 Å². The van der Waals surface area contributed by atoms with Crippen LogP contribution in [0.1, 0.15) is 17.3 Å². The highest BCUT2D eigenvalue weighted by atomic mass is 35.5. The molecule has 0 heterocycles. The Bertz CT molecular complexity index is 314. The lowest BCUT2D eigenvalue weighted by Crippen LogP contribution is -2.22. The van der Waals surface area contributed by atoms with Crippen LogP contribution in [0.15, 0.2) is 24.3 Å². The van der Waals surface area contributed by atoms with Crippen LogP contribution in [0.25, 0.3) is 0 Å². The van der Waals surface area contributed by atoms with Crippen LogP contribution in [-0.4, -0.2) is 25.6 Å². The SMILES string of the molecule is CCNC(=O)c1ccc(OCCN)cc1.Cl. The second kappa shape index (κ2) is 7.96. The van der Waals surface area contributed by atoms with Gasteiger partial charge in [0.05, 0.1) is 0 Å². The normalized spacial score (nSPS) is 9.12. The monoisotopic (exact) mass is 244 g/mol. The molecule has 0 bridgehead atoms. The Morgan fingerprint density at radius 2 is 2.00 bits per heavy atom. The molecule has 5 heteroatoms. The number of carbonyl (C=O) groups is 1. The van der Waals surface area contributed by atoms with Gasteiger partial charge in [-0.25, -0.2) is 0 Å². The van der Waals surface area contributed by atoms with Gasteiger partial charge in [0.25, 0.3) is 5.91 Å². The summed E-state index contributed by atoms with van der Waals surface area (Å²) in [7, 11) is 0. The summed E-state index contributed by atoms with van der Waals surface area (Å²) in [6.45, 7) is 3.49. The highest BCUT2D eigenvalue weighted by Gasteiger charge is 2.03. The van der Waals surface area contributed by atoms with E-state index < -0.39 is 0 Å². The number of halogens is 1. The van der Waals surface area contributed by atoms with Crippen LogP contribution in [0.5, 0.6) is 5.75 Å². The molecule has 0 aliphatic heterocycles. The zero-order chi connectivity index (χ0) is 11.1. The van der Waals surface area contributed by atoms with Gasteiger partial charge in [0, 0.05) is 18.7 Å². The quantitative estimate of drug-likeness (QED) is 0.818. The molecule has 3 N–H and O–H groups in total. The third-order valence-electron chi connectivity index (χ3n) is 1.84. The van der Waals surface area contributed by atoms with Crippen LogP contribution in [-0.2, 0) is 0 Å². The molecule has 16 heavy (non-hydrogen) atoms. The highest BCUT2D eigenvalue weighted by molar-refractivity contribution is 5.94. The first-order valence-corrected chi connectivity index (χ1v) is 4.99. The topological polar surface area (TPSA) is 64.3 Å². The molecule has 1 amide bonds. The van der Waals surface area contributed by atoms with E-state index >= 15 is 0 Å². The van der Waals surface area contributed by atoms with Gasteiger partial charge in [0.1, 0.15) is 12.4 Å². The molecule has 0 aliphatic rings. The summed E-state index contributed by atoms with van der Waals surface area (Å²) in [5, 5.41) is 2.72. The average Bonchev–Trinajstić information content (AvgIpc) is 2.27. The highest BCUT2D eigenvalue weighted by Crippen LogP contribution is 2.11. The molecule has 0 atom stereocenters. The number of benzene rings is 1. The van der Waals surface area contributed by atoms with E-state index in [-0.39, 0.29) is 18.3 Å². The van der Waals surface area contributed by atoms with E-state index in [1.54, 1.807) is 24.3 Å². The van der Waals surface area contributed by atoms with Crippen molar-refractivity contribution in [2.24, 2.45) is 5.73 Å². The van der Waals surface area contributed by atoms with Gasteiger partial charge in [0.2, 0.25) is 0 Å². The van der Waals surface area contributed by atoms with Gasteiger partial charge in [-0.1, -0.05) is 0 Å². The largest absolute Gasteiger partial charge is 0.492 e. The molecule has 0 aromatic heterocycles. The van der Waals surface area contributed by atoms with Crippen molar-refractivity contribution in [2.75, 3.05) is 19.7 Å². The van der Waals surface area contributed by atoms with E-state index in [4.69, 9.17) is 10.5 Å². The Labute approximate surface area is 102 Å². The smallest absolute Gasteiger partial charge is 0.251 e. The fraction of sp³-hybridized carbons (Fsp3) is 0.364. The maximum Gasteiger partial charge on any atom is 0.251 e. The van der Waals surface area contributed by atoms with E-state index in [2.05, 4.69) is 5.32 Å². The summed E-state index contributed by atoms with van der Waals surface area (Å²) in [4.78, 5) is 11.4. The van der Waals surface area contributed by atoms with Crippen LogP contribution in [0, 0.1) is 0 Å². The summed E-state index contributed by atoms with van der Waals surface area (Å²) in [5.41, 5.74) is 5.94. The number of carbonyl (C=O) groups excluding carboxylic acids is 1. The summed E-state index contributed by atoms with van der Waals surface area (Å²) in [6, 6.07) is 6.99.